The van der Waals surface area contributed by atoms with Gasteiger partial charge >= 0.3 is 7.12 Å². The van der Waals surface area contributed by atoms with E-state index in [4.69, 9.17) is 23.2 Å². The van der Waals surface area contributed by atoms with Gasteiger partial charge in [-0.3, -0.25) is 9.36 Å². The van der Waals surface area contributed by atoms with Crippen molar-refractivity contribution in [3.8, 4) is 0 Å². The number of aryl methyl sites for hydroxylation is 1. The van der Waals surface area contributed by atoms with Gasteiger partial charge in [0.25, 0.3) is 5.56 Å². The Balaban J connectivity index is 0.00000117. The third-order valence-corrected chi connectivity index (χ3v) is 4.20. The highest BCUT2D eigenvalue weighted by Crippen LogP contribution is 2.13. The molecule has 0 spiro atoms. The molecule has 6 nitrogen and oxygen atoms in total. The van der Waals surface area contributed by atoms with Crippen LogP contribution in [0.1, 0.15) is 25.2 Å². The molecule has 9 heteroatoms. The number of nitrogens with zero attached hydrogens (tertiary/aromatic N) is 3. The number of rotatable bonds is 3. The quantitative estimate of drug-likeness (QED) is 0.525. The van der Waals surface area contributed by atoms with Gasteiger partial charge in [0.2, 0.25) is 0 Å². The van der Waals surface area contributed by atoms with Crippen LogP contribution in [0.2, 0.25) is 10.2 Å². The lowest BCUT2D eigenvalue weighted by Crippen LogP contribution is -2.33. The van der Waals surface area contributed by atoms with Crippen LogP contribution in [-0.4, -0.2) is 31.7 Å². The van der Waals surface area contributed by atoms with Crippen molar-refractivity contribution in [2.24, 2.45) is 0 Å². The Morgan fingerprint density at radius 2 is 1.73 bits per heavy atom. The summed E-state index contributed by atoms with van der Waals surface area (Å²) in [6.45, 7) is 6.01. The van der Waals surface area contributed by atoms with E-state index in [1.165, 1.54) is 10.6 Å². The molecule has 3 rings (SSSR count). The highest BCUT2D eigenvalue weighted by Gasteiger charge is 2.20. The summed E-state index contributed by atoms with van der Waals surface area (Å²) in [5.74, 6) is 0.475. The second-order valence-electron chi connectivity index (χ2n) is 5.29. The van der Waals surface area contributed by atoms with Crippen molar-refractivity contribution in [3.63, 3.8) is 0 Å². The predicted molar refractivity (Wildman–Crippen MR) is 105 cm³/mol. The minimum absolute atomic E-state index is 0.0371. The average molecular weight is 394 g/mol. The normalized spacial score (nSPS) is 10.4. The Morgan fingerprint density at radius 1 is 1.12 bits per heavy atom. The van der Waals surface area contributed by atoms with Crippen LogP contribution in [0, 0.1) is 6.92 Å². The van der Waals surface area contributed by atoms with Crippen molar-refractivity contribution in [1.82, 2.24) is 14.5 Å². The topological polar surface area (TPSA) is 88.2 Å². The summed E-state index contributed by atoms with van der Waals surface area (Å²) < 4.78 is 1.48. The van der Waals surface area contributed by atoms with E-state index in [0.29, 0.717) is 17.4 Å². The van der Waals surface area contributed by atoms with Crippen LogP contribution < -0.4 is 11.0 Å². The van der Waals surface area contributed by atoms with Gasteiger partial charge < -0.3 is 10.0 Å². The summed E-state index contributed by atoms with van der Waals surface area (Å²) in [5.41, 5.74) is 0.679. The van der Waals surface area contributed by atoms with Crippen molar-refractivity contribution >= 4 is 46.8 Å². The molecule has 0 aliphatic carbocycles. The van der Waals surface area contributed by atoms with E-state index in [1.807, 2.05) is 26.0 Å². The van der Waals surface area contributed by atoms with E-state index in [2.05, 4.69) is 9.97 Å². The maximum atomic E-state index is 12.8. The summed E-state index contributed by atoms with van der Waals surface area (Å²) in [5, 5.41) is 19.3. The van der Waals surface area contributed by atoms with Gasteiger partial charge in [-0.1, -0.05) is 49.2 Å². The molecule has 0 saturated heterocycles. The molecule has 2 N–H and O–H groups in total. The molecule has 0 fully saturated rings. The van der Waals surface area contributed by atoms with E-state index in [9.17, 15) is 14.8 Å². The Bertz CT molecular complexity index is 976. The first-order valence-electron chi connectivity index (χ1n) is 8.05. The van der Waals surface area contributed by atoms with Crippen LogP contribution in [0.3, 0.4) is 0 Å². The molecule has 0 bridgehead atoms. The van der Waals surface area contributed by atoms with Gasteiger partial charge in [-0.25, -0.2) is 9.97 Å². The van der Waals surface area contributed by atoms with Gasteiger partial charge in [-0.05, 0) is 30.7 Å². The van der Waals surface area contributed by atoms with E-state index in [1.54, 1.807) is 19.1 Å². The van der Waals surface area contributed by atoms with Crippen LogP contribution in [0.5, 0.6) is 0 Å². The molecule has 0 saturated carbocycles. The maximum absolute atomic E-state index is 12.8. The largest absolute Gasteiger partial charge is 0.491 e. The Kier molecular flexibility index (Phi) is 6.78. The smallest absolute Gasteiger partial charge is 0.423 e. The van der Waals surface area contributed by atoms with Gasteiger partial charge in [-0.2, -0.15) is 0 Å². The highest BCUT2D eigenvalue weighted by molar-refractivity contribution is 6.62. The summed E-state index contributed by atoms with van der Waals surface area (Å²) in [6.07, 6.45) is 0. The minimum atomic E-state index is -1.82. The average Bonchev–Trinajstić information content (AvgIpc) is 2.61. The van der Waals surface area contributed by atoms with Crippen molar-refractivity contribution in [2.45, 2.75) is 27.3 Å². The third-order valence-electron chi connectivity index (χ3n) is 3.65. The second-order valence-corrected chi connectivity index (χ2v) is 6.08. The molecule has 0 aliphatic rings. The zero-order valence-corrected chi connectivity index (χ0v) is 16.1. The number of halogens is 2. The molecular weight excluding hydrogens is 376 g/mol. The van der Waals surface area contributed by atoms with Gasteiger partial charge in [0.05, 0.1) is 11.9 Å². The van der Waals surface area contributed by atoms with Crippen LogP contribution in [0.25, 0.3) is 11.0 Å². The first-order valence-corrected chi connectivity index (χ1v) is 8.80. The third kappa shape index (κ3) is 4.24. The number of hydrogen-bond donors (Lipinski definition) is 2. The monoisotopic (exact) mass is 393 g/mol. The zero-order valence-electron chi connectivity index (χ0n) is 14.6. The Labute approximate surface area is 161 Å². The molecule has 2 aromatic heterocycles. The molecule has 0 aliphatic heterocycles. The molecule has 26 heavy (non-hydrogen) atoms. The molecule has 0 unspecified atom stereocenters. The molecular formula is C17H18BCl2N3O3. The lowest BCUT2D eigenvalue weighted by Gasteiger charge is -2.12. The summed E-state index contributed by atoms with van der Waals surface area (Å²) in [4.78, 5) is 21.0. The first-order chi connectivity index (χ1) is 12.4. The van der Waals surface area contributed by atoms with Crippen molar-refractivity contribution < 1.29 is 10.0 Å². The van der Waals surface area contributed by atoms with Gasteiger partial charge in [0.1, 0.15) is 11.0 Å². The molecule has 0 atom stereocenters. The molecule has 1 aromatic carbocycles. The predicted octanol–water partition coefficient (Wildman–Crippen LogP) is 2.16. The lowest BCUT2D eigenvalue weighted by atomic mass is 9.81. The zero-order chi connectivity index (χ0) is 19.4. The van der Waals surface area contributed by atoms with Crippen LogP contribution in [0.4, 0.5) is 0 Å². The summed E-state index contributed by atoms with van der Waals surface area (Å²) in [6, 6.07) is 8.44. The van der Waals surface area contributed by atoms with Crippen LogP contribution >= 0.6 is 23.2 Å². The van der Waals surface area contributed by atoms with Crippen molar-refractivity contribution in [1.29, 1.82) is 0 Å². The molecule has 136 valence electrons. The van der Waals surface area contributed by atoms with Gasteiger partial charge in [0, 0.05) is 10.5 Å². The lowest BCUT2D eigenvalue weighted by molar-refractivity contribution is 0.425. The number of hydrogen-bond acceptors (Lipinski definition) is 5. The highest BCUT2D eigenvalue weighted by atomic mass is 35.5. The van der Waals surface area contributed by atoms with Gasteiger partial charge in [-0.15, -0.1) is 0 Å². The SMILES string of the molecule is CC.Cc1nc2nc(Cl)c(B(O)O)cc2c(=O)n1Cc1ccc(Cl)cc1. The molecule has 0 radical (unpaired) electrons. The number of aromatic nitrogens is 3. The van der Waals surface area contributed by atoms with Gasteiger partial charge in [0.15, 0.2) is 5.65 Å². The fourth-order valence-electron chi connectivity index (χ4n) is 2.39. The number of fused-ring (bicyclic) bond motifs is 1. The van der Waals surface area contributed by atoms with E-state index < -0.39 is 7.12 Å². The second kappa shape index (κ2) is 8.64. The fourth-order valence-corrected chi connectivity index (χ4v) is 2.74. The standard InChI is InChI=1S/C15H12BCl2N3O3.C2H6/c1-8-19-14-11(6-12(16(23)24)13(18)20-14)15(22)21(8)7-9-2-4-10(17)5-3-9;1-2/h2-6,23-24H,7H2,1H3;1-2H3. The number of pyridine rings is 1. The Morgan fingerprint density at radius 3 is 2.31 bits per heavy atom. The van der Waals surface area contributed by atoms with E-state index in [-0.39, 0.29) is 27.2 Å². The summed E-state index contributed by atoms with van der Waals surface area (Å²) >= 11 is 11.8. The summed E-state index contributed by atoms with van der Waals surface area (Å²) in [7, 11) is -1.82. The molecule has 2 heterocycles. The van der Waals surface area contributed by atoms with Crippen molar-refractivity contribution in [2.75, 3.05) is 0 Å². The first kappa shape index (κ1) is 20.4. The Hall–Kier alpha value is -1.93. The van der Waals surface area contributed by atoms with Crippen molar-refractivity contribution in [3.05, 3.63) is 62.2 Å². The van der Waals surface area contributed by atoms with E-state index in [0.717, 1.165) is 5.56 Å². The fraction of sp³-hybridized carbons (Fsp3) is 0.235. The maximum Gasteiger partial charge on any atom is 0.491 e. The van der Waals surface area contributed by atoms with Crippen LogP contribution in [0.15, 0.2) is 35.1 Å². The van der Waals surface area contributed by atoms with Crippen LogP contribution in [-0.2, 0) is 6.54 Å². The van der Waals surface area contributed by atoms with E-state index >= 15 is 0 Å². The number of benzene rings is 1. The molecule has 3 aromatic rings. The molecule has 0 amide bonds. The minimum Gasteiger partial charge on any atom is -0.423 e.